The number of benzene rings is 2. The highest BCUT2D eigenvalue weighted by molar-refractivity contribution is 5.63. The molecule has 0 radical (unpaired) electrons. The second kappa shape index (κ2) is 9.26. The van der Waals surface area contributed by atoms with Crippen molar-refractivity contribution < 1.29 is 0 Å². The molecule has 0 spiro atoms. The van der Waals surface area contributed by atoms with E-state index in [0.29, 0.717) is 0 Å². The molecule has 0 fully saturated rings. The fourth-order valence-electron chi connectivity index (χ4n) is 3.54. The maximum atomic E-state index is 5.75. The minimum atomic E-state index is 0.139. The fourth-order valence-corrected chi connectivity index (χ4v) is 3.54. The molecule has 2 nitrogen and oxygen atoms in total. The Kier molecular flexibility index (Phi) is 7.36. The van der Waals surface area contributed by atoms with Gasteiger partial charge in [-0.1, -0.05) is 71.4 Å². The van der Waals surface area contributed by atoms with Crippen LogP contribution in [0.3, 0.4) is 0 Å². The second-order valence-corrected chi connectivity index (χ2v) is 10.8. The molecule has 3 aromatic rings. The molecule has 0 aliphatic heterocycles. The largest absolute Gasteiger partial charge is 0.398 e. The van der Waals surface area contributed by atoms with Crippen molar-refractivity contribution in [2.75, 3.05) is 5.73 Å². The van der Waals surface area contributed by atoms with Gasteiger partial charge in [0.15, 0.2) is 0 Å². The minimum absolute atomic E-state index is 0.139. The Bertz CT molecular complexity index is 992. The first kappa shape index (κ1) is 24.7. The third kappa shape index (κ3) is 6.69. The van der Waals surface area contributed by atoms with Gasteiger partial charge in [-0.05, 0) is 85.0 Å². The summed E-state index contributed by atoms with van der Waals surface area (Å²) in [5.74, 6) is 0. The molecule has 2 heteroatoms. The Morgan fingerprint density at radius 3 is 1.58 bits per heavy atom. The maximum Gasteiger partial charge on any atom is 0.0705 e. The molecular weight excluding hydrogens is 376 g/mol. The number of nitrogen functional groups attached to an aromatic ring is 1. The van der Waals surface area contributed by atoms with E-state index in [4.69, 9.17) is 5.73 Å². The summed E-state index contributed by atoms with van der Waals surface area (Å²) >= 11 is 0. The number of aromatic nitrogens is 1. The first-order valence-electron chi connectivity index (χ1n) is 11.1. The summed E-state index contributed by atoms with van der Waals surface area (Å²) in [5.41, 5.74) is 16.7. The van der Waals surface area contributed by atoms with E-state index in [9.17, 15) is 0 Å². The van der Waals surface area contributed by atoms with Crippen molar-refractivity contribution in [1.29, 1.82) is 0 Å². The molecule has 1 aromatic heterocycles. The SMILES string of the molecule is Cc1cc(C)c(N)c(C)c1.Cc1cccc(-c2cc(C(C)(C)C)cc(C(C)(C)C)c2)n1. The van der Waals surface area contributed by atoms with E-state index in [2.05, 4.69) is 95.9 Å². The van der Waals surface area contributed by atoms with Crippen LogP contribution in [0.2, 0.25) is 0 Å². The van der Waals surface area contributed by atoms with Crippen molar-refractivity contribution in [3.8, 4) is 11.3 Å². The highest BCUT2D eigenvalue weighted by atomic mass is 14.7. The van der Waals surface area contributed by atoms with E-state index in [1.165, 1.54) is 33.4 Å². The number of aryl methyl sites for hydroxylation is 4. The summed E-state index contributed by atoms with van der Waals surface area (Å²) in [4.78, 5) is 4.69. The number of nitrogens with two attached hydrogens (primary N) is 1. The molecular formula is C29H40N2. The minimum Gasteiger partial charge on any atom is -0.398 e. The van der Waals surface area contributed by atoms with Crippen LogP contribution in [0.5, 0.6) is 0 Å². The van der Waals surface area contributed by atoms with Gasteiger partial charge in [0.05, 0.1) is 5.69 Å². The van der Waals surface area contributed by atoms with Gasteiger partial charge in [0.1, 0.15) is 0 Å². The lowest BCUT2D eigenvalue weighted by Gasteiger charge is -2.26. The summed E-state index contributed by atoms with van der Waals surface area (Å²) in [6, 6.07) is 17.3. The predicted molar refractivity (Wildman–Crippen MR) is 137 cm³/mol. The number of pyridine rings is 1. The van der Waals surface area contributed by atoms with Crippen LogP contribution < -0.4 is 5.73 Å². The molecule has 31 heavy (non-hydrogen) atoms. The van der Waals surface area contributed by atoms with Crippen molar-refractivity contribution in [3.05, 3.63) is 82.0 Å². The molecule has 0 amide bonds. The van der Waals surface area contributed by atoms with Gasteiger partial charge in [0.25, 0.3) is 0 Å². The third-order valence-corrected chi connectivity index (χ3v) is 5.59. The lowest BCUT2D eigenvalue weighted by Crippen LogP contribution is -2.16. The van der Waals surface area contributed by atoms with Gasteiger partial charge in [-0.15, -0.1) is 0 Å². The van der Waals surface area contributed by atoms with Crippen molar-refractivity contribution >= 4 is 5.69 Å². The third-order valence-electron chi connectivity index (χ3n) is 5.59. The monoisotopic (exact) mass is 416 g/mol. The molecule has 166 valence electrons. The summed E-state index contributed by atoms with van der Waals surface area (Å²) in [6.45, 7) is 21.8. The van der Waals surface area contributed by atoms with Gasteiger partial charge < -0.3 is 5.73 Å². The number of nitrogens with zero attached hydrogens (tertiary/aromatic N) is 1. The van der Waals surface area contributed by atoms with Crippen molar-refractivity contribution in [2.45, 2.75) is 80.1 Å². The van der Waals surface area contributed by atoms with Crippen LogP contribution >= 0.6 is 0 Å². The van der Waals surface area contributed by atoms with Gasteiger partial charge in [-0.3, -0.25) is 4.98 Å². The van der Waals surface area contributed by atoms with E-state index < -0.39 is 0 Å². The van der Waals surface area contributed by atoms with E-state index in [0.717, 1.165) is 17.1 Å². The summed E-state index contributed by atoms with van der Waals surface area (Å²) in [7, 11) is 0. The summed E-state index contributed by atoms with van der Waals surface area (Å²) in [5, 5.41) is 0. The predicted octanol–water partition coefficient (Wildman–Crippen LogP) is 7.85. The van der Waals surface area contributed by atoms with Crippen molar-refractivity contribution in [3.63, 3.8) is 0 Å². The molecule has 0 saturated carbocycles. The average molecular weight is 417 g/mol. The first-order valence-corrected chi connectivity index (χ1v) is 11.1. The standard InChI is InChI=1S/C20H27N.C9H13N/c1-14-9-8-10-18(21-14)15-11-16(19(2,3)4)13-17(12-15)20(5,6)7;1-6-4-7(2)9(10)8(3)5-6/h8-13H,1-7H3;4-5H,10H2,1-3H3. The Morgan fingerprint density at radius 1 is 0.677 bits per heavy atom. The smallest absolute Gasteiger partial charge is 0.0705 e. The maximum absolute atomic E-state index is 5.75. The molecule has 2 aromatic carbocycles. The second-order valence-electron chi connectivity index (χ2n) is 10.8. The Morgan fingerprint density at radius 2 is 1.16 bits per heavy atom. The van der Waals surface area contributed by atoms with Crippen LogP contribution in [0.1, 0.15) is 75.1 Å². The lowest BCUT2D eigenvalue weighted by molar-refractivity contribution is 0.569. The van der Waals surface area contributed by atoms with Crippen LogP contribution in [0.4, 0.5) is 5.69 Å². The number of rotatable bonds is 1. The zero-order valence-corrected chi connectivity index (χ0v) is 21.1. The van der Waals surface area contributed by atoms with Crippen LogP contribution in [-0.2, 0) is 10.8 Å². The Labute approximate surface area is 189 Å². The molecule has 0 atom stereocenters. The number of anilines is 1. The molecule has 3 rings (SSSR count). The van der Waals surface area contributed by atoms with Crippen molar-refractivity contribution in [2.24, 2.45) is 0 Å². The van der Waals surface area contributed by atoms with E-state index in [1.807, 2.05) is 26.8 Å². The topological polar surface area (TPSA) is 38.9 Å². The van der Waals surface area contributed by atoms with Gasteiger partial charge in [0, 0.05) is 16.9 Å². The highest BCUT2D eigenvalue weighted by Gasteiger charge is 2.21. The van der Waals surface area contributed by atoms with Crippen LogP contribution in [0.25, 0.3) is 11.3 Å². The number of hydrogen-bond donors (Lipinski definition) is 1. The van der Waals surface area contributed by atoms with E-state index in [1.54, 1.807) is 0 Å². The molecule has 0 saturated heterocycles. The number of hydrogen-bond acceptors (Lipinski definition) is 2. The van der Waals surface area contributed by atoms with Gasteiger partial charge in [-0.2, -0.15) is 0 Å². The van der Waals surface area contributed by atoms with Gasteiger partial charge in [0.2, 0.25) is 0 Å². The Balaban J connectivity index is 0.000000285. The normalized spacial score (nSPS) is 11.7. The zero-order chi connectivity index (χ0) is 23.6. The summed E-state index contributed by atoms with van der Waals surface area (Å²) in [6.07, 6.45) is 0. The molecule has 1 heterocycles. The van der Waals surface area contributed by atoms with E-state index >= 15 is 0 Å². The quantitative estimate of drug-likeness (QED) is 0.410. The molecule has 0 aliphatic rings. The molecule has 2 N–H and O–H groups in total. The summed E-state index contributed by atoms with van der Waals surface area (Å²) < 4.78 is 0. The average Bonchev–Trinajstić information content (AvgIpc) is 2.65. The Hall–Kier alpha value is -2.61. The lowest BCUT2D eigenvalue weighted by atomic mass is 9.79. The highest BCUT2D eigenvalue weighted by Crippen LogP contribution is 2.33. The molecule has 0 aliphatic carbocycles. The van der Waals surface area contributed by atoms with E-state index in [-0.39, 0.29) is 10.8 Å². The first-order chi connectivity index (χ1) is 14.2. The molecule has 0 bridgehead atoms. The van der Waals surface area contributed by atoms with Gasteiger partial charge >= 0.3 is 0 Å². The van der Waals surface area contributed by atoms with Crippen LogP contribution in [0, 0.1) is 27.7 Å². The van der Waals surface area contributed by atoms with Gasteiger partial charge in [-0.25, -0.2) is 0 Å². The van der Waals surface area contributed by atoms with Crippen LogP contribution in [-0.4, -0.2) is 4.98 Å². The van der Waals surface area contributed by atoms with Crippen molar-refractivity contribution in [1.82, 2.24) is 4.98 Å². The molecule has 0 unspecified atom stereocenters. The van der Waals surface area contributed by atoms with Crippen LogP contribution in [0.15, 0.2) is 48.5 Å². The zero-order valence-electron chi connectivity index (χ0n) is 21.1. The fraction of sp³-hybridized carbons (Fsp3) is 0.414.